The number of rotatable bonds is 4. The van der Waals surface area contributed by atoms with Gasteiger partial charge in [0.1, 0.15) is 5.82 Å². The maximum atomic E-state index is 12.4. The Bertz CT molecular complexity index is 1010. The van der Waals surface area contributed by atoms with Crippen molar-refractivity contribution in [3.63, 3.8) is 0 Å². The molecule has 8 nitrogen and oxygen atoms in total. The lowest BCUT2D eigenvalue weighted by atomic mass is 10.1. The molecule has 1 amide bonds. The number of carbonyl (C=O) groups is 1. The Morgan fingerprint density at radius 1 is 1.19 bits per heavy atom. The van der Waals surface area contributed by atoms with Crippen LogP contribution in [0.5, 0.6) is 0 Å². The molecule has 2 aromatic carbocycles. The van der Waals surface area contributed by atoms with Crippen molar-refractivity contribution in [2.45, 2.75) is 6.92 Å². The Morgan fingerprint density at radius 2 is 1.85 bits per heavy atom. The molecule has 0 radical (unpaired) electrons. The van der Waals surface area contributed by atoms with Crippen LogP contribution in [0.1, 0.15) is 21.6 Å². The highest BCUT2D eigenvalue weighted by Crippen LogP contribution is 2.20. The SMILES string of the molecule is Cc1cc(NC(=O)c2ccc(C#N)cc2)n(-c2ccc([N+](=O)[O-])cc2)n1. The van der Waals surface area contributed by atoms with Gasteiger partial charge in [0.25, 0.3) is 11.6 Å². The standard InChI is InChI=1S/C18H13N5O3/c1-12-10-17(20-18(24)14-4-2-13(11-19)3-5-14)22(21-12)15-6-8-16(9-7-15)23(25)26/h2-10H,1H3,(H,20,24). The molecule has 26 heavy (non-hydrogen) atoms. The van der Waals surface area contributed by atoms with Gasteiger partial charge in [-0.1, -0.05) is 0 Å². The van der Waals surface area contributed by atoms with Crippen LogP contribution in [0.4, 0.5) is 11.5 Å². The van der Waals surface area contributed by atoms with Crippen LogP contribution in [0.2, 0.25) is 0 Å². The first-order chi connectivity index (χ1) is 12.5. The first-order valence-electron chi connectivity index (χ1n) is 7.61. The van der Waals surface area contributed by atoms with Gasteiger partial charge >= 0.3 is 0 Å². The largest absolute Gasteiger partial charge is 0.306 e. The molecule has 3 rings (SSSR count). The van der Waals surface area contributed by atoms with E-state index in [0.717, 1.165) is 0 Å². The van der Waals surface area contributed by atoms with Crippen LogP contribution < -0.4 is 5.32 Å². The third-order valence-electron chi connectivity index (χ3n) is 3.65. The van der Waals surface area contributed by atoms with Gasteiger partial charge in [0, 0.05) is 23.8 Å². The highest BCUT2D eigenvalue weighted by atomic mass is 16.6. The monoisotopic (exact) mass is 347 g/mol. The summed E-state index contributed by atoms with van der Waals surface area (Å²) in [5.74, 6) is 0.0864. The Kier molecular flexibility index (Phi) is 4.45. The van der Waals surface area contributed by atoms with Gasteiger partial charge in [0.05, 0.1) is 27.9 Å². The molecular formula is C18H13N5O3. The number of non-ortho nitro benzene ring substituents is 1. The number of aryl methyl sites for hydroxylation is 1. The summed E-state index contributed by atoms with van der Waals surface area (Å²) in [7, 11) is 0. The number of nitro benzene ring substituents is 1. The number of nitrogens with one attached hydrogen (secondary N) is 1. The zero-order chi connectivity index (χ0) is 18.7. The van der Waals surface area contributed by atoms with Crippen molar-refractivity contribution in [1.29, 1.82) is 5.26 Å². The van der Waals surface area contributed by atoms with E-state index in [0.29, 0.717) is 28.3 Å². The Balaban J connectivity index is 1.88. The second-order valence-electron chi connectivity index (χ2n) is 5.50. The molecule has 128 valence electrons. The van der Waals surface area contributed by atoms with Crippen molar-refractivity contribution in [1.82, 2.24) is 9.78 Å². The van der Waals surface area contributed by atoms with Gasteiger partial charge in [-0.2, -0.15) is 10.4 Å². The van der Waals surface area contributed by atoms with Crippen LogP contribution in [0, 0.1) is 28.4 Å². The highest BCUT2D eigenvalue weighted by molar-refractivity contribution is 6.04. The Hall–Kier alpha value is -3.99. The van der Waals surface area contributed by atoms with Crippen LogP contribution in [0.15, 0.2) is 54.6 Å². The van der Waals surface area contributed by atoms with E-state index in [9.17, 15) is 14.9 Å². The minimum atomic E-state index is -0.480. The average molecular weight is 347 g/mol. The number of hydrogen-bond acceptors (Lipinski definition) is 5. The van der Waals surface area contributed by atoms with E-state index in [1.54, 1.807) is 49.4 Å². The molecule has 1 aromatic heterocycles. The van der Waals surface area contributed by atoms with Crippen LogP contribution in [-0.2, 0) is 0 Å². The maximum Gasteiger partial charge on any atom is 0.269 e. The van der Waals surface area contributed by atoms with Crippen molar-refractivity contribution in [2.75, 3.05) is 5.32 Å². The molecule has 3 aromatic rings. The predicted octanol–water partition coefficient (Wildman–Crippen LogP) is 3.21. The van der Waals surface area contributed by atoms with E-state index in [2.05, 4.69) is 10.4 Å². The fourth-order valence-electron chi connectivity index (χ4n) is 2.39. The van der Waals surface area contributed by atoms with E-state index in [1.807, 2.05) is 6.07 Å². The molecular weight excluding hydrogens is 334 g/mol. The van der Waals surface area contributed by atoms with Crippen molar-refractivity contribution in [2.24, 2.45) is 0 Å². The van der Waals surface area contributed by atoms with E-state index in [1.165, 1.54) is 16.8 Å². The van der Waals surface area contributed by atoms with Crippen LogP contribution in [-0.4, -0.2) is 20.6 Å². The number of hydrogen-bond donors (Lipinski definition) is 1. The van der Waals surface area contributed by atoms with Crippen LogP contribution >= 0.6 is 0 Å². The fourth-order valence-corrected chi connectivity index (χ4v) is 2.39. The molecule has 0 spiro atoms. The zero-order valence-electron chi connectivity index (χ0n) is 13.7. The fraction of sp³-hybridized carbons (Fsp3) is 0.0556. The number of aromatic nitrogens is 2. The predicted molar refractivity (Wildman–Crippen MR) is 94.1 cm³/mol. The number of nitriles is 1. The summed E-state index contributed by atoms with van der Waals surface area (Å²) < 4.78 is 1.50. The number of carbonyl (C=O) groups excluding carboxylic acids is 1. The first-order valence-corrected chi connectivity index (χ1v) is 7.61. The summed E-state index contributed by atoms with van der Waals surface area (Å²) in [5, 5.41) is 26.7. The highest BCUT2D eigenvalue weighted by Gasteiger charge is 2.13. The van der Waals surface area contributed by atoms with Crippen LogP contribution in [0.25, 0.3) is 5.69 Å². The molecule has 0 saturated heterocycles. The number of amides is 1. The normalized spacial score (nSPS) is 10.2. The molecule has 1 N–H and O–H groups in total. The van der Waals surface area contributed by atoms with Gasteiger partial charge in [0.15, 0.2) is 0 Å². The quantitative estimate of drug-likeness (QED) is 0.575. The van der Waals surface area contributed by atoms with Gasteiger partial charge in [-0.05, 0) is 43.3 Å². The number of benzene rings is 2. The smallest absolute Gasteiger partial charge is 0.269 e. The summed E-state index contributed by atoms with van der Waals surface area (Å²) in [6.45, 7) is 1.78. The minimum Gasteiger partial charge on any atom is -0.306 e. The van der Waals surface area contributed by atoms with Gasteiger partial charge in [-0.25, -0.2) is 4.68 Å². The first kappa shape index (κ1) is 16.9. The molecule has 0 aliphatic heterocycles. The average Bonchev–Trinajstić information content (AvgIpc) is 3.02. The van der Waals surface area contributed by atoms with Gasteiger partial charge < -0.3 is 5.32 Å². The van der Waals surface area contributed by atoms with Gasteiger partial charge in [-0.15, -0.1) is 0 Å². The summed E-state index contributed by atoms with van der Waals surface area (Å²) in [5.41, 5.74) is 2.10. The number of anilines is 1. The molecule has 0 unspecified atom stereocenters. The molecule has 0 fully saturated rings. The molecule has 1 heterocycles. The molecule has 8 heteroatoms. The lowest BCUT2D eigenvalue weighted by Crippen LogP contribution is -2.15. The maximum absolute atomic E-state index is 12.4. The van der Waals surface area contributed by atoms with E-state index in [4.69, 9.17) is 5.26 Å². The second-order valence-corrected chi connectivity index (χ2v) is 5.50. The van der Waals surface area contributed by atoms with Crippen molar-refractivity contribution in [3.8, 4) is 11.8 Å². The van der Waals surface area contributed by atoms with Crippen molar-refractivity contribution in [3.05, 3.63) is 81.5 Å². The summed E-state index contributed by atoms with van der Waals surface area (Å²) in [4.78, 5) is 22.7. The Morgan fingerprint density at radius 3 is 2.42 bits per heavy atom. The summed E-state index contributed by atoms with van der Waals surface area (Å²) >= 11 is 0. The molecule has 0 saturated carbocycles. The second kappa shape index (κ2) is 6.86. The Labute approximate surface area is 148 Å². The molecule has 0 aliphatic carbocycles. The third kappa shape index (κ3) is 3.42. The minimum absolute atomic E-state index is 0.0270. The summed E-state index contributed by atoms with van der Waals surface area (Å²) in [6.07, 6.45) is 0. The molecule has 0 bridgehead atoms. The lowest BCUT2D eigenvalue weighted by Gasteiger charge is -2.09. The van der Waals surface area contributed by atoms with E-state index < -0.39 is 4.92 Å². The third-order valence-corrected chi connectivity index (χ3v) is 3.65. The number of nitrogens with zero attached hydrogens (tertiary/aromatic N) is 4. The van der Waals surface area contributed by atoms with Crippen molar-refractivity contribution >= 4 is 17.4 Å². The van der Waals surface area contributed by atoms with E-state index in [-0.39, 0.29) is 11.6 Å². The number of nitro groups is 1. The topological polar surface area (TPSA) is 114 Å². The molecule has 0 aliphatic rings. The summed E-state index contributed by atoms with van der Waals surface area (Å²) in [6, 6.07) is 15.8. The van der Waals surface area contributed by atoms with Crippen molar-refractivity contribution < 1.29 is 9.72 Å². The zero-order valence-corrected chi connectivity index (χ0v) is 13.7. The lowest BCUT2D eigenvalue weighted by molar-refractivity contribution is -0.384. The molecule has 0 atom stereocenters. The van der Waals surface area contributed by atoms with Crippen LogP contribution in [0.3, 0.4) is 0 Å². The van der Waals surface area contributed by atoms with E-state index >= 15 is 0 Å². The van der Waals surface area contributed by atoms with Gasteiger partial charge in [-0.3, -0.25) is 14.9 Å². The van der Waals surface area contributed by atoms with Gasteiger partial charge in [0.2, 0.25) is 0 Å².